The smallest absolute Gasteiger partial charge is 0.309 e. The maximum Gasteiger partial charge on any atom is 0.309 e. The topological polar surface area (TPSA) is 93.1 Å². The molecule has 4 saturated heterocycles. The Morgan fingerprint density at radius 1 is 0.750 bits per heavy atom. The Balaban J connectivity index is 0.000000121. The molecule has 6 atom stereocenters. The Bertz CT molecular complexity index is 370. The van der Waals surface area contributed by atoms with Gasteiger partial charge in [-0.2, -0.15) is 0 Å². The molecular weight excluding hydrogens is 264 g/mol. The summed E-state index contributed by atoms with van der Waals surface area (Å²) in [5.41, 5.74) is 0. The fourth-order valence-corrected chi connectivity index (χ4v) is 3.80. The van der Waals surface area contributed by atoms with Crippen LogP contribution < -0.4 is 0 Å². The van der Waals surface area contributed by atoms with E-state index in [1.165, 1.54) is 0 Å². The van der Waals surface area contributed by atoms with Crippen molar-refractivity contribution >= 4 is 11.9 Å². The van der Waals surface area contributed by atoms with Crippen LogP contribution in [0.4, 0.5) is 0 Å². The second-order valence-corrected chi connectivity index (χ2v) is 6.11. The van der Waals surface area contributed by atoms with Crippen LogP contribution in [-0.2, 0) is 19.1 Å². The summed E-state index contributed by atoms with van der Waals surface area (Å²) in [5.74, 6) is -1.79. The molecule has 0 aromatic carbocycles. The quantitative estimate of drug-likeness (QED) is 0.793. The van der Waals surface area contributed by atoms with E-state index in [-0.39, 0.29) is 36.3 Å². The minimum absolute atomic E-state index is 0.0301. The second kappa shape index (κ2) is 5.33. The summed E-state index contributed by atoms with van der Waals surface area (Å²) < 4.78 is 10.7. The minimum atomic E-state index is -0.688. The number of carbonyl (C=O) groups is 2. The van der Waals surface area contributed by atoms with E-state index in [0.717, 1.165) is 38.5 Å². The number of carboxylic acid groups (broad SMARTS) is 2. The zero-order valence-corrected chi connectivity index (χ0v) is 11.2. The van der Waals surface area contributed by atoms with Crippen molar-refractivity contribution in [3.63, 3.8) is 0 Å². The fraction of sp³-hybridized carbons (Fsp3) is 0.857. The highest BCUT2D eigenvalue weighted by molar-refractivity contribution is 5.71. The molecule has 0 aliphatic carbocycles. The molecule has 0 unspecified atom stereocenters. The van der Waals surface area contributed by atoms with Gasteiger partial charge in [0, 0.05) is 0 Å². The summed E-state index contributed by atoms with van der Waals surface area (Å²) in [5, 5.41) is 17.3. The Morgan fingerprint density at radius 3 is 1.30 bits per heavy atom. The van der Waals surface area contributed by atoms with Gasteiger partial charge in [0.25, 0.3) is 0 Å². The number of hydrogen-bond acceptors (Lipinski definition) is 4. The van der Waals surface area contributed by atoms with Gasteiger partial charge in [-0.25, -0.2) is 0 Å². The first kappa shape index (κ1) is 13.8. The molecular formula is C14H20O6. The van der Waals surface area contributed by atoms with Gasteiger partial charge >= 0.3 is 11.9 Å². The molecule has 4 bridgehead atoms. The fourth-order valence-electron chi connectivity index (χ4n) is 3.80. The standard InChI is InChI=1S/2C7H10O3/c2*8-7(9)5-3-4-1-2-6(5)10-4/h2*4-6H,1-3H2,(H,8,9)/t2*4-,5+,6+/m10/s1. The van der Waals surface area contributed by atoms with Crippen LogP contribution in [0.1, 0.15) is 38.5 Å². The lowest BCUT2D eigenvalue weighted by Crippen LogP contribution is -2.24. The third-order valence-electron chi connectivity index (χ3n) is 4.85. The summed E-state index contributed by atoms with van der Waals surface area (Å²) in [7, 11) is 0. The number of aliphatic carboxylic acids is 2. The summed E-state index contributed by atoms with van der Waals surface area (Å²) in [6.45, 7) is 0. The molecule has 4 aliphatic heterocycles. The molecule has 0 amide bonds. The van der Waals surface area contributed by atoms with Crippen LogP contribution in [0.15, 0.2) is 0 Å². The van der Waals surface area contributed by atoms with Gasteiger partial charge in [0.1, 0.15) is 0 Å². The van der Waals surface area contributed by atoms with Crippen molar-refractivity contribution in [1.82, 2.24) is 0 Å². The van der Waals surface area contributed by atoms with Crippen LogP contribution in [0.3, 0.4) is 0 Å². The van der Waals surface area contributed by atoms with Crippen molar-refractivity contribution in [3.05, 3.63) is 0 Å². The molecule has 0 aromatic heterocycles. The van der Waals surface area contributed by atoms with Gasteiger partial charge in [-0.05, 0) is 38.5 Å². The van der Waals surface area contributed by atoms with E-state index >= 15 is 0 Å². The molecule has 20 heavy (non-hydrogen) atoms. The van der Waals surface area contributed by atoms with Gasteiger partial charge in [-0.15, -0.1) is 0 Å². The van der Waals surface area contributed by atoms with E-state index in [4.69, 9.17) is 19.7 Å². The summed E-state index contributed by atoms with van der Waals surface area (Å²) in [6.07, 6.45) is 6.06. The molecule has 0 aromatic rings. The van der Waals surface area contributed by atoms with Gasteiger partial charge in [-0.3, -0.25) is 9.59 Å². The maximum absolute atomic E-state index is 10.5. The van der Waals surface area contributed by atoms with Gasteiger partial charge < -0.3 is 19.7 Å². The van der Waals surface area contributed by atoms with E-state index in [2.05, 4.69) is 0 Å². The van der Waals surface area contributed by atoms with Crippen molar-refractivity contribution in [2.24, 2.45) is 11.8 Å². The Hall–Kier alpha value is -1.14. The summed E-state index contributed by atoms with van der Waals surface area (Å²) >= 11 is 0. The summed E-state index contributed by atoms with van der Waals surface area (Å²) in [4.78, 5) is 21.0. The van der Waals surface area contributed by atoms with E-state index in [1.54, 1.807) is 0 Å². The summed E-state index contributed by atoms with van der Waals surface area (Å²) in [6, 6.07) is 0. The van der Waals surface area contributed by atoms with Gasteiger partial charge in [0.15, 0.2) is 0 Å². The third-order valence-corrected chi connectivity index (χ3v) is 4.85. The highest BCUT2D eigenvalue weighted by atomic mass is 16.5. The lowest BCUT2D eigenvalue weighted by atomic mass is 9.89. The van der Waals surface area contributed by atoms with Crippen molar-refractivity contribution in [2.45, 2.75) is 62.9 Å². The SMILES string of the molecule is O=C(O)[C@@H]1C[C@@H]2CC[C@H]1O2.O=C(O)[C@H]1C[C@H]2CC[C@@H]1O2. The highest BCUT2D eigenvalue weighted by Crippen LogP contribution is 2.39. The van der Waals surface area contributed by atoms with E-state index in [0.29, 0.717) is 0 Å². The lowest BCUT2D eigenvalue weighted by molar-refractivity contribution is -0.144. The predicted octanol–water partition coefficient (Wildman–Crippen LogP) is 1.28. The molecule has 0 radical (unpaired) electrons. The molecule has 4 rings (SSSR count). The van der Waals surface area contributed by atoms with Crippen LogP contribution in [-0.4, -0.2) is 46.6 Å². The molecule has 6 heteroatoms. The molecule has 4 aliphatic rings. The Morgan fingerprint density at radius 2 is 1.15 bits per heavy atom. The Labute approximate surface area is 117 Å². The van der Waals surface area contributed by atoms with Crippen molar-refractivity contribution in [2.75, 3.05) is 0 Å². The molecule has 0 saturated carbocycles. The van der Waals surface area contributed by atoms with Crippen LogP contribution in [0.5, 0.6) is 0 Å². The first-order valence-corrected chi connectivity index (χ1v) is 7.31. The third kappa shape index (κ3) is 2.54. The van der Waals surface area contributed by atoms with Crippen LogP contribution in [0.25, 0.3) is 0 Å². The number of fused-ring (bicyclic) bond motifs is 4. The number of ether oxygens (including phenoxy) is 2. The van der Waals surface area contributed by atoms with E-state index in [1.807, 2.05) is 0 Å². The van der Waals surface area contributed by atoms with Crippen LogP contribution >= 0.6 is 0 Å². The lowest BCUT2D eigenvalue weighted by Gasteiger charge is -2.12. The number of carboxylic acids is 2. The zero-order chi connectivity index (χ0) is 14.3. The van der Waals surface area contributed by atoms with E-state index in [9.17, 15) is 9.59 Å². The molecule has 4 fully saturated rings. The van der Waals surface area contributed by atoms with Gasteiger partial charge in [-0.1, -0.05) is 0 Å². The van der Waals surface area contributed by atoms with Crippen LogP contribution in [0, 0.1) is 11.8 Å². The van der Waals surface area contributed by atoms with Gasteiger partial charge in [0.05, 0.1) is 36.3 Å². The van der Waals surface area contributed by atoms with Gasteiger partial charge in [0.2, 0.25) is 0 Å². The molecule has 0 spiro atoms. The monoisotopic (exact) mass is 284 g/mol. The van der Waals surface area contributed by atoms with Crippen molar-refractivity contribution in [3.8, 4) is 0 Å². The molecule has 112 valence electrons. The molecule has 6 nitrogen and oxygen atoms in total. The first-order valence-electron chi connectivity index (χ1n) is 7.31. The highest BCUT2D eigenvalue weighted by Gasteiger charge is 2.45. The average Bonchev–Trinajstić information content (AvgIpc) is 3.18. The number of rotatable bonds is 2. The zero-order valence-electron chi connectivity index (χ0n) is 11.2. The first-order chi connectivity index (χ1) is 9.54. The van der Waals surface area contributed by atoms with E-state index < -0.39 is 11.9 Å². The largest absolute Gasteiger partial charge is 0.481 e. The second-order valence-electron chi connectivity index (χ2n) is 6.11. The van der Waals surface area contributed by atoms with Crippen molar-refractivity contribution in [1.29, 1.82) is 0 Å². The molecule has 4 heterocycles. The Kier molecular flexibility index (Phi) is 3.69. The predicted molar refractivity (Wildman–Crippen MR) is 67.3 cm³/mol. The average molecular weight is 284 g/mol. The molecule has 2 N–H and O–H groups in total. The minimum Gasteiger partial charge on any atom is -0.481 e. The number of hydrogen-bond donors (Lipinski definition) is 2. The maximum atomic E-state index is 10.5. The van der Waals surface area contributed by atoms with Crippen molar-refractivity contribution < 1.29 is 29.3 Å². The van der Waals surface area contributed by atoms with Crippen LogP contribution in [0.2, 0.25) is 0 Å². The normalized spacial score (nSPS) is 44.2.